The number of nitrogens with one attached hydrogen (secondary N) is 1. The van der Waals surface area contributed by atoms with E-state index in [4.69, 9.17) is 9.47 Å². The molecule has 0 saturated heterocycles. The van der Waals surface area contributed by atoms with Crippen LogP contribution in [0, 0.1) is 0 Å². The minimum absolute atomic E-state index is 0.0968. The zero-order valence-electron chi connectivity index (χ0n) is 9.58. The first kappa shape index (κ1) is 14.3. The van der Waals surface area contributed by atoms with Gasteiger partial charge in [-0.3, -0.25) is 4.79 Å². The summed E-state index contributed by atoms with van der Waals surface area (Å²) < 4.78 is 15.1. The molecule has 0 aromatic rings. The number of carbonyl (C=O) groups is 1. The maximum absolute atomic E-state index is 10.9. The highest BCUT2D eigenvalue weighted by Crippen LogP contribution is 1.81. The van der Waals surface area contributed by atoms with Gasteiger partial charge in [-0.2, -0.15) is 0 Å². The molecule has 1 amide bonds. The third kappa shape index (κ3) is 11.3. The predicted octanol–water partition coefficient (Wildman–Crippen LogP) is 0.192. The largest absolute Gasteiger partial charge is 0.379 e. The lowest BCUT2D eigenvalue weighted by Gasteiger charge is -2.06. The van der Waals surface area contributed by atoms with Gasteiger partial charge in [-0.1, -0.05) is 6.92 Å². The smallest absolute Gasteiger partial charge is 0.246 e. The SMILES string of the molecule is CCCOCCOCCNC(=O)COC. The Bertz CT molecular complexity index is 152. The summed E-state index contributed by atoms with van der Waals surface area (Å²) in [5, 5.41) is 2.66. The Balaban J connectivity index is 3.01. The molecule has 0 spiro atoms. The summed E-state index contributed by atoms with van der Waals surface area (Å²) in [4.78, 5) is 10.9. The number of rotatable bonds is 10. The van der Waals surface area contributed by atoms with Crippen LogP contribution < -0.4 is 5.32 Å². The van der Waals surface area contributed by atoms with Crippen LogP contribution in [0.5, 0.6) is 0 Å². The Morgan fingerprint density at radius 2 is 1.80 bits per heavy atom. The van der Waals surface area contributed by atoms with Crippen molar-refractivity contribution >= 4 is 5.91 Å². The van der Waals surface area contributed by atoms with Crippen LogP contribution in [0.15, 0.2) is 0 Å². The topological polar surface area (TPSA) is 56.8 Å². The zero-order chi connectivity index (χ0) is 11.4. The van der Waals surface area contributed by atoms with Crippen LogP contribution in [-0.2, 0) is 19.0 Å². The molecule has 0 aromatic carbocycles. The fraction of sp³-hybridized carbons (Fsp3) is 0.900. The molecular formula is C10H21NO4. The van der Waals surface area contributed by atoms with Crippen molar-refractivity contribution in [3.05, 3.63) is 0 Å². The Hall–Kier alpha value is -0.650. The minimum Gasteiger partial charge on any atom is -0.379 e. The Morgan fingerprint density at radius 3 is 2.40 bits per heavy atom. The van der Waals surface area contributed by atoms with Crippen LogP contribution in [0.1, 0.15) is 13.3 Å². The molecule has 0 aliphatic heterocycles. The lowest BCUT2D eigenvalue weighted by Crippen LogP contribution is -2.30. The zero-order valence-corrected chi connectivity index (χ0v) is 9.58. The highest BCUT2D eigenvalue weighted by atomic mass is 16.5. The molecule has 0 heterocycles. The third-order valence-corrected chi connectivity index (χ3v) is 1.56. The van der Waals surface area contributed by atoms with Gasteiger partial charge in [0.05, 0.1) is 19.8 Å². The van der Waals surface area contributed by atoms with E-state index < -0.39 is 0 Å². The molecule has 0 fully saturated rings. The summed E-state index contributed by atoms with van der Waals surface area (Å²) >= 11 is 0. The lowest BCUT2D eigenvalue weighted by molar-refractivity contribution is -0.124. The van der Waals surface area contributed by atoms with Crippen molar-refractivity contribution in [3.63, 3.8) is 0 Å². The summed E-state index contributed by atoms with van der Waals surface area (Å²) in [6, 6.07) is 0. The summed E-state index contributed by atoms with van der Waals surface area (Å²) in [6.07, 6.45) is 1.02. The summed E-state index contributed by atoms with van der Waals surface area (Å²) in [6.45, 7) is 5.13. The van der Waals surface area contributed by atoms with Crippen molar-refractivity contribution in [3.8, 4) is 0 Å². The van der Waals surface area contributed by atoms with Gasteiger partial charge in [0, 0.05) is 20.3 Å². The summed E-state index contributed by atoms with van der Waals surface area (Å²) in [5.41, 5.74) is 0. The molecule has 0 atom stereocenters. The predicted molar refractivity (Wildman–Crippen MR) is 56.8 cm³/mol. The second kappa shape index (κ2) is 11.4. The highest BCUT2D eigenvalue weighted by Gasteiger charge is 1.97. The molecule has 0 saturated carbocycles. The van der Waals surface area contributed by atoms with Crippen molar-refractivity contribution < 1.29 is 19.0 Å². The van der Waals surface area contributed by atoms with Gasteiger partial charge in [-0.05, 0) is 6.42 Å². The van der Waals surface area contributed by atoms with Crippen molar-refractivity contribution in [2.24, 2.45) is 0 Å². The van der Waals surface area contributed by atoms with E-state index in [9.17, 15) is 4.79 Å². The molecule has 5 heteroatoms. The molecule has 5 nitrogen and oxygen atoms in total. The molecule has 0 unspecified atom stereocenters. The van der Waals surface area contributed by atoms with Crippen molar-refractivity contribution in [1.29, 1.82) is 0 Å². The standard InChI is InChI=1S/C10H21NO4/c1-3-5-14-7-8-15-6-4-11-10(12)9-13-2/h3-9H2,1-2H3,(H,11,12). The van der Waals surface area contributed by atoms with Crippen molar-refractivity contribution in [2.75, 3.05) is 46.7 Å². The molecule has 0 rings (SSSR count). The van der Waals surface area contributed by atoms with Gasteiger partial charge >= 0.3 is 0 Å². The molecule has 15 heavy (non-hydrogen) atoms. The fourth-order valence-corrected chi connectivity index (χ4v) is 0.911. The first-order chi connectivity index (χ1) is 7.31. The van der Waals surface area contributed by atoms with Crippen LogP contribution >= 0.6 is 0 Å². The van der Waals surface area contributed by atoms with Gasteiger partial charge in [0.1, 0.15) is 6.61 Å². The number of ether oxygens (including phenoxy) is 3. The Morgan fingerprint density at radius 1 is 1.13 bits per heavy atom. The van der Waals surface area contributed by atoms with Crippen LogP contribution in [0.3, 0.4) is 0 Å². The molecule has 0 radical (unpaired) electrons. The minimum atomic E-state index is -0.122. The molecule has 0 aliphatic carbocycles. The number of hydrogen-bond acceptors (Lipinski definition) is 4. The van der Waals surface area contributed by atoms with Crippen LogP contribution in [0.25, 0.3) is 0 Å². The molecule has 0 aliphatic rings. The maximum atomic E-state index is 10.9. The quantitative estimate of drug-likeness (QED) is 0.533. The van der Waals surface area contributed by atoms with Gasteiger partial charge in [-0.15, -0.1) is 0 Å². The number of hydrogen-bond donors (Lipinski definition) is 1. The average Bonchev–Trinajstić information content (AvgIpc) is 2.22. The highest BCUT2D eigenvalue weighted by molar-refractivity contribution is 5.77. The van der Waals surface area contributed by atoms with Gasteiger partial charge in [0.2, 0.25) is 5.91 Å². The van der Waals surface area contributed by atoms with Gasteiger partial charge in [0.15, 0.2) is 0 Å². The Kier molecular flexibility index (Phi) is 10.9. The molecule has 0 aromatic heterocycles. The molecule has 90 valence electrons. The molecular weight excluding hydrogens is 198 g/mol. The number of amides is 1. The average molecular weight is 219 g/mol. The van der Waals surface area contributed by atoms with Crippen LogP contribution in [0.4, 0.5) is 0 Å². The van der Waals surface area contributed by atoms with E-state index in [-0.39, 0.29) is 12.5 Å². The van der Waals surface area contributed by atoms with Gasteiger partial charge in [-0.25, -0.2) is 0 Å². The Labute approximate surface area is 91.1 Å². The van der Waals surface area contributed by atoms with Crippen LogP contribution in [-0.4, -0.2) is 52.6 Å². The summed E-state index contributed by atoms with van der Waals surface area (Å²) in [7, 11) is 1.49. The van der Waals surface area contributed by atoms with Crippen LogP contribution in [0.2, 0.25) is 0 Å². The summed E-state index contributed by atoms with van der Waals surface area (Å²) in [5.74, 6) is -0.122. The first-order valence-corrected chi connectivity index (χ1v) is 5.22. The van der Waals surface area contributed by atoms with E-state index in [2.05, 4.69) is 17.0 Å². The van der Waals surface area contributed by atoms with E-state index in [1.807, 2.05) is 0 Å². The van der Waals surface area contributed by atoms with Gasteiger partial charge < -0.3 is 19.5 Å². The third-order valence-electron chi connectivity index (χ3n) is 1.56. The van der Waals surface area contributed by atoms with Gasteiger partial charge in [0.25, 0.3) is 0 Å². The second-order valence-corrected chi connectivity index (χ2v) is 3.01. The van der Waals surface area contributed by atoms with E-state index >= 15 is 0 Å². The van der Waals surface area contributed by atoms with E-state index in [0.717, 1.165) is 13.0 Å². The maximum Gasteiger partial charge on any atom is 0.246 e. The van der Waals surface area contributed by atoms with Crippen molar-refractivity contribution in [2.45, 2.75) is 13.3 Å². The normalized spacial score (nSPS) is 10.3. The number of carbonyl (C=O) groups excluding carboxylic acids is 1. The monoisotopic (exact) mass is 219 g/mol. The fourth-order valence-electron chi connectivity index (χ4n) is 0.911. The van der Waals surface area contributed by atoms with Crippen molar-refractivity contribution in [1.82, 2.24) is 5.32 Å². The first-order valence-electron chi connectivity index (χ1n) is 5.22. The lowest BCUT2D eigenvalue weighted by atomic mass is 10.5. The molecule has 1 N–H and O–H groups in total. The van der Waals surface area contributed by atoms with E-state index in [1.165, 1.54) is 7.11 Å². The van der Waals surface area contributed by atoms with E-state index in [1.54, 1.807) is 0 Å². The number of methoxy groups -OCH3 is 1. The van der Waals surface area contributed by atoms with E-state index in [0.29, 0.717) is 26.4 Å². The molecule has 0 bridgehead atoms. The second-order valence-electron chi connectivity index (χ2n) is 3.01.